The fourth-order valence-electron chi connectivity index (χ4n) is 3.87. The van der Waals surface area contributed by atoms with Crippen LogP contribution in [0.3, 0.4) is 0 Å². The molecule has 1 aliphatic rings. The lowest BCUT2D eigenvalue weighted by Crippen LogP contribution is -2.38. The summed E-state index contributed by atoms with van der Waals surface area (Å²) in [6, 6.07) is 6.35. The van der Waals surface area contributed by atoms with Crippen molar-refractivity contribution in [3.05, 3.63) is 35.2 Å². The molecule has 7 nitrogen and oxygen atoms in total. The molecule has 1 amide bonds. The molecule has 2 aromatic rings. The SMILES string of the molecule is COc1cc(C[C@H]2CCCN(C(C)c3cc(NC(C)=O)n[nH]3)C2)cc(C)n1. The molecule has 2 N–H and O–H groups in total. The number of piperidine rings is 1. The molecule has 0 bridgehead atoms. The van der Waals surface area contributed by atoms with E-state index in [1.165, 1.54) is 25.3 Å². The van der Waals surface area contributed by atoms with Gasteiger partial charge in [0, 0.05) is 37.3 Å². The first kappa shape index (κ1) is 19.4. The third-order valence-electron chi connectivity index (χ3n) is 5.17. The maximum Gasteiger partial charge on any atom is 0.222 e. The summed E-state index contributed by atoms with van der Waals surface area (Å²) in [5.41, 5.74) is 3.31. The van der Waals surface area contributed by atoms with E-state index < -0.39 is 0 Å². The monoisotopic (exact) mass is 371 g/mol. The maximum atomic E-state index is 11.2. The molecule has 27 heavy (non-hydrogen) atoms. The van der Waals surface area contributed by atoms with Gasteiger partial charge in [-0.25, -0.2) is 4.98 Å². The third kappa shape index (κ3) is 5.07. The highest BCUT2D eigenvalue weighted by molar-refractivity contribution is 5.87. The zero-order valence-electron chi connectivity index (χ0n) is 16.6. The van der Waals surface area contributed by atoms with Gasteiger partial charge in [0.2, 0.25) is 11.8 Å². The first-order valence-electron chi connectivity index (χ1n) is 9.53. The number of amides is 1. The molecule has 1 aliphatic heterocycles. The van der Waals surface area contributed by atoms with E-state index in [0.29, 0.717) is 17.6 Å². The van der Waals surface area contributed by atoms with Crippen LogP contribution >= 0.6 is 0 Å². The van der Waals surface area contributed by atoms with Crippen LogP contribution in [-0.2, 0) is 11.2 Å². The topological polar surface area (TPSA) is 83.1 Å². The lowest BCUT2D eigenvalue weighted by atomic mass is 9.90. The predicted octanol–water partition coefficient (Wildman–Crippen LogP) is 3.10. The number of nitrogens with one attached hydrogen (secondary N) is 2. The molecule has 2 aromatic heterocycles. The van der Waals surface area contributed by atoms with E-state index in [2.05, 4.69) is 38.4 Å². The van der Waals surface area contributed by atoms with Crippen LogP contribution in [0.4, 0.5) is 5.82 Å². The Labute approximate surface area is 160 Å². The van der Waals surface area contributed by atoms with Gasteiger partial charge in [-0.15, -0.1) is 0 Å². The van der Waals surface area contributed by atoms with Crippen LogP contribution in [0.1, 0.15) is 49.7 Å². The zero-order valence-corrected chi connectivity index (χ0v) is 16.6. The number of likely N-dealkylation sites (tertiary alicyclic amines) is 1. The van der Waals surface area contributed by atoms with Crippen LogP contribution in [0.15, 0.2) is 18.2 Å². The molecule has 1 fully saturated rings. The summed E-state index contributed by atoms with van der Waals surface area (Å²) in [5.74, 6) is 1.76. The summed E-state index contributed by atoms with van der Waals surface area (Å²) < 4.78 is 5.31. The molecule has 1 saturated heterocycles. The summed E-state index contributed by atoms with van der Waals surface area (Å²) in [5, 5.41) is 9.97. The number of nitrogens with zero attached hydrogens (tertiary/aromatic N) is 3. The summed E-state index contributed by atoms with van der Waals surface area (Å²) >= 11 is 0. The molecule has 2 atom stereocenters. The number of H-pyrrole nitrogens is 1. The number of aromatic amines is 1. The minimum absolute atomic E-state index is 0.109. The molecule has 0 radical (unpaired) electrons. The van der Waals surface area contributed by atoms with Gasteiger partial charge >= 0.3 is 0 Å². The normalized spacial score (nSPS) is 18.9. The lowest BCUT2D eigenvalue weighted by Gasteiger charge is -2.36. The summed E-state index contributed by atoms with van der Waals surface area (Å²) in [7, 11) is 1.66. The molecule has 0 saturated carbocycles. The van der Waals surface area contributed by atoms with Crippen molar-refractivity contribution in [2.24, 2.45) is 5.92 Å². The molecule has 0 aromatic carbocycles. The Morgan fingerprint density at radius 3 is 3.00 bits per heavy atom. The largest absolute Gasteiger partial charge is 0.481 e. The van der Waals surface area contributed by atoms with Gasteiger partial charge < -0.3 is 10.1 Å². The van der Waals surface area contributed by atoms with E-state index in [0.717, 1.165) is 30.9 Å². The van der Waals surface area contributed by atoms with Crippen LogP contribution < -0.4 is 10.1 Å². The first-order chi connectivity index (χ1) is 12.9. The van der Waals surface area contributed by atoms with Crippen molar-refractivity contribution >= 4 is 11.7 Å². The van der Waals surface area contributed by atoms with Crippen molar-refractivity contribution < 1.29 is 9.53 Å². The van der Waals surface area contributed by atoms with E-state index in [4.69, 9.17) is 4.74 Å². The number of carbonyl (C=O) groups is 1. The van der Waals surface area contributed by atoms with Crippen LogP contribution in [0.2, 0.25) is 0 Å². The van der Waals surface area contributed by atoms with E-state index in [9.17, 15) is 4.79 Å². The minimum Gasteiger partial charge on any atom is -0.481 e. The Morgan fingerprint density at radius 1 is 1.44 bits per heavy atom. The summed E-state index contributed by atoms with van der Waals surface area (Å²) in [4.78, 5) is 18.1. The Bertz CT molecular complexity index is 788. The molecule has 146 valence electrons. The Kier molecular flexibility index (Phi) is 6.11. The second-order valence-electron chi connectivity index (χ2n) is 7.43. The maximum absolute atomic E-state index is 11.2. The number of carbonyl (C=O) groups excluding carboxylic acids is 1. The molecule has 7 heteroatoms. The number of anilines is 1. The van der Waals surface area contributed by atoms with Gasteiger partial charge in [0.1, 0.15) is 0 Å². The highest BCUT2D eigenvalue weighted by atomic mass is 16.5. The van der Waals surface area contributed by atoms with E-state index in [-0.39, 0.29) is 11.9 Å². The van der Waals surface area contributed by atoms with Crippen molar-refractivity contribution in [3.8, 4) is 5.88 Å². The second kappa shape index (κ2) is 8.52. The van der Waals surface area contributed by atoms with Gasteiger partial charge in [-0.05, 0) is 57.2 Å². The predicted molar refractivity (Wildman–Crippen MR) is 105 cm³/mol. The van der Waals surface area contributed by atoms with Crippen LogP contribution in [-0.4, -0.2) is 46.2 Å². The third-order valence-corrected chi connectivity index (χ3v) is 5.17. The van der Waals surface area contributed by atoms with Crippen molar-refractivity contribution in [3.63, 3.8) is 0 Å². The van der Waals surface area contributed by atoms with Crippen LogP contribution in [0.5, 0.6) is 5.88 Å². The van der Waals surface area contributed by atoms with Gasteiger partial charge in [0.15, 0.2) is 5.82 Å². The standard InChI is InChI=1S/C20H29N5O2/c1-13-8-17(10-20(21-13)27-4)9-16-6-5-7-25(12-16)14(2)18-11-19(24-23-18)22-15(3)26/h8,10-11,14,16H,5-7,9,12H2,1-4H3,(H2,22,23,24,26)/t14?,16-/m1/s1. The highest BCUT2D eigenvalue weighted by Crippen LogP contribution is 2.29. The van der Waals surface area contributed by atoms with E-state index in [1.807, 2.05) is 19.1 Å². The number of aryl methyl sites for hydroxylation is 1. The van der Waals surface area contributed by atoms with Crippen molar-refractivity contribution in [2.45, 2.75) is 46.1 Å². The Morgan fingerprint density at radius 2 is 2.26 bits per heavy atom. The molecule has 3 heterocycles. The number of ether oxygens (including phenoxy) is 1. The summed E-state index contributed by atoms with van der Waals surface area (Å²) in [6.07, 6.45) is 3.44. The van der Waals surface area contributed by atoms with Crippen LogP contribution in [0.25, 0.3) is 0 Å². The molecular weight excluding hydrogens is 342 g/mol. The molecular formula is C20H29N5O2. The lowest BCUT2D eigenvalue weighted by molar-refractivity contribution is -0.114. The van der Waals surface area contributed by atoms with Crippen molar-refractivity contribution in [1.82, 2.24) is 20.1 Å². The fourth-order valence-corrected chi connectivity index (χ4v) is 3.87. The van der Waals surface area contributed by atoms with Gasteiger partial charge in [-0.2, -0.15) is 5.10 Å². The molecule has 0 spiro atoms. The first-order valence-corrected chi connectivity index (χ1v) is 9.53. The number of aromatic nitrogens is 3. The average molecular weight is 371 g/mol. The number of rotatable bonds is 6. The number of methoxy groups -OCH3 is 1. The smallest absolute Gasteiger partial charge is 0.222 e. The summed E-state index contributed by atoms with van der Waals surface area (Å²) in [6.45, 7) is 7.80. The van der Waals surface area contributed by atoms with Gasteiger partial charge in [0.05, 0.1) is 12.8 Å². The highest BCUT2D eigenvalue weighted by Gasteiger charge is 2.26. The molecule has 0 aliphatic carbocycles. The van der Waals surface area contributed by atoms with Crippen LogP contribution in [0, 0.1) is 12.8 Å². The fraction of sp³-hybridized carbons (Fsp3) is 0.550. The zero-order chi connectivity index (χ0) is 19.4. The minimum atomic E-state index is -0.109. The number of pyridine rings is 1. The van der Waals surface area contributed by atoms with Crippen molar-refractivity contribution in [1.29, 1.82) is 0 Å². The molecule has 3 rings (SSSR count). The van der Waals surface area contributed by atoms with Gasteiger partial charge in [0.25, 0.3) is 0 Å². The number of hydrogen-bond donors (Lipinski definition) is 2. The number of hydrogen-bond acceptors (Lipinski definition) is 5. The Balaban J connectivity index is 1.64. The van der Waals surface area contributed by atoms with Gasteiger partial charge in [-0.1, -0.05) is 0 Å². The van der Waals surface area contributed by atoms with Crippen molar-refractivity contribution in [2.75, 3.05) is 25.5 Å². The quantitative estimate of drug-likeness (QED) is 0.815. The second-order valence-corrected chi connectivity index (χ2v) is 7.43. The van der Waals surface area contributed by atoms with Gasteiger partial charge in [-0.3, -0.25) is 14.8 Å². The average Bonchev–Trinajstić information content (AvgIpc) is 3.08. The Hall–Kier alpha value is -2.41. The van der Waals surface area contributed by atoms with E-state index >= 15 is 0 Å². The van der Waals surface area contributed by atoms with E-state index in [1.54, 1.807) is 7.11 Å². The molecule has 1 unspecified atom stereocenters.